The Hall–Kier alpha value is -3.26. The molecule has 162 valence electrons. The third kappa shape index (κ3) is 4.91. The van der Waals surface area contributed by atoms with Gasteiger partial charge >= 0.3 is 0 Å². The quantitative estimate of drug-likeness (QED) is 0.526. The standard InChI is InChI=1S/C23H24N2O5S/c1-16(2)25(23(27)20-6-3-9-28-20)14-22(26)24(13-18-5-4-10-31-18)12-17-7-8-19-21(11-17)30-15-29-19/h3-11,16H,12-15H2,1-2H3. The van der Waals surface area contributed by atoms with E-state index in [0.717, 1.165) is 10.4 Å². The van der Waals surface area contributed by atoms with Gasteiger partial charge in [0.25, 0.3) is 5.91 Å². The molecule has 0 saturated carbocycles. The smallest absolute Gasteiger partial charge is 0.290 e. The van der Waals surface area contributed by atoms with Crippen LogP contribution in [0.5, 0.6) is 11.5 Å². The summed E-state index contributed by atoms with van der Waals surface area (Å²) in [4.78, 5) is 30.5. The summed E-state index contributed by atoms with van der Waals surface area (Å²) in [6.45, 7) is 4.80. The molecule has 0 saturated heterocycles. The summed E-state index contributed by atoms with van der Waals surface area (Å²) in [5, 5.41) is 1.99. The number of hydrogen-bond acceptors (Lipinski definition) is 6. The highest BCUT2D eigenvalue weighted by Gasteiger charge is 2.26. The van der Waals surface area contributed by atoms with Crippen LogP contribution in [0.25, 0.3) is 0 Å². The largest absolute Gasteiger partial charge is 0.459 e. The Bertz CT molecular complexity index is 1030. The first-order valence-electron chi connectivity index (χ1n) is 10.0. The first-order chi connectivity index (χ1) is 15.0. The molecule has 0 atom stereocenters. The van der Waals surface area contributed by atoms with E-state index < -0.39 is 0 Å². The minimum absolute atomic E-state index is 0.0346. The third-order valence-corrected chi connectivity index (χ3v) is 5.87. The zero-order valence-electron chi connectivity index (χ0n) is 17.4. The fourth-order valence-corrected chi connectivity index (χ4v) is 4.08. The lowest BCUT2D eigenvalue weighted by Crippen LogP contribution is -2.45. The zero-order chi connectivity index (χ0) is 21.8. The Kier molecular flexibility index (Phi) is 6.27. The van der Waals surface area contributed by atoms with Crippen LogP contribution < -0.4 is 9.47 Å². The lowest BCUT2D eigenvalue weighted by atomic mass is 10.1. The average molecular weight is 441 g/mol. The number of hydrogen-bond donors (Lipinski definition) is 0. The van der Waals surface area contributed by atoms with Gasteiger partial charge in [0.05, 0.1) is 12.8 Å². The molecule has 1 aliphatic heterocycles. The average Bonchev–Trinajstić information content (AvgIpc) is 3.53. The fourth-order valence-electron chi connectivity index (χ4n) is 3.36. The van der Waals surface area contributed by atoms with Gasteiger partial charge in [-0.25, -0.2) is 0 Å². The van der Waals surface area contributed by atoms with Gasteiger partial charge in [-0.3, -0.25) is 9.59 Å². The van der Waals surface area contributed by atoms with Gasteiger partial charge in [-0.05, 0) is 55.1 Å². The van der Waals surface area contributed by atoms with Crippen LogP contribution in [-0.4, -0.2) is 41.0 Å². The molecule has 0 unspecified atom stereocenters. The second-order valence-corrected chi connectivity index (χ2v) is 8.55. The number of benzene rings is 1. The normalized spacial score (nSPS) is 12.2. The van der Waals surface area contributed by atoms with E-state index >= 15 is 0 Å². The predicted octanol–water partition coefficient (Wildman–Crippen LogP) is 4.15. The van der Waals surface area contributed by atoms with E-state index in [2.05, 4.69) is 0 Å². The maximum atomic E-state index is 13.3. The van der Waals surface area contributed by atoms with Crippen molar-refractivity contribution in [2.45, 2.75) is 33.0 Å². The molecule has 2 aromatic heterocycles. The minimum Gasteiger partial charge on any atom is -0.459 e. The molecule has 0 N–H and O–H groups in total. The van der Waals surface area contributed by atoms with Gasteiger partial charge in [0.15, 0.2) is 17.3 Å². The summed E-state index contributed by atoms with van der Waals surface area (Å²) in [7, 11) is 0. The first-order valence-corrected chi connectivity index (χ1v) is 10.9. The number of ether oxygens (including phenoxy) is 2. The van der Waals surface area contributed by atoms with E-state index in [1.165, 1.54) is 11.2 Å². The second-order valence-electron chi connectivity index (χ2n) is 7.52. The van der Waals surface area contributed by atoms with Crippen molar-refractivity contribution in [3.63, 3.8) is 0 Å². The van der Waals surface area contributed by atoms with Crippen LogP contribution >= 0.6 is 11.3 Å². The SMILES string of the molecule is CC(C)N(CC(=O)N(Cc1ccc2c(c1)OCO2)Cc1cccs1)C(=O)c1ccco1. The molecule has 0 fully saturated rings. The Balaban J connectivity index is 1.53. The summed E-state index contributed by atoms with van der Waals surface area (Å²) in [6, 6.07) is 12.8. The molecule has 0 aliphatic carbocycles. The molecule has 31 heavy (non-hydrogen) atoms. The molecule has 3 aromatic rings. The van der Waals surface area contributed by atoms with Gasteiger partial charge in [-0.2, -0.15) is 0 Å². The number of thiophene rings is 1. The van der Waals surface area contributed by atoms with Crippen LogP contribution in [0.1, 0.15) is 34.8 Å². The van der Waals surface area contributed by atoms with Crippen molar-refractivity contribution in [1.29, 1.82) is 0 Å². The van der Waals surface area contributed by atoms with Crippen molar-refractivity contribution in [1.82, 2.24) is 9.80 Å². The summed E-state index contributed by atoms with van der Waals surface area (Å²) < 4.78 is 16.1. The topological polar surface area (TPSA) is 72.2 Å². The van der Waals surface area contributed by atoms with E-state index in [-0.39, 0.29) is 37.0 Å². The van der Waals surface area contributed by atoms with E-state index in [0.29, 0.717) is 24.6 Å². The van der Waals surface area contributed by atoms with Gasteiger partial charge in [0.2, 0.25) is 12.7 Å². The van der Waals surface area contributed by atoms with Crippen molar-refractivity contribution in [3.8, 4) is 11.5 Å². The second kappa shape index (κ2) is 9.26. The maximum Gasteiger partial charge on any atom is 0.290 e. The number of amides is 2. The number of carbonyl (C=O) groups is 2. The maximum absolute atomic E-state index is 13.3. The van der Waals surface area contributed by atoms with E-state index in [4.69, 9.17) is 13.9 Å². The van der Waals surface area contributed by atoms with E-state index in [1.807, 2.05) is 49.6 Å². The third-order valence-electron chi connectivity index (χ3n) is 5.01. The Labute approximate surface area is 184 Å². The number of fused-ring (bicyclic) bond motifs is 1. The molecule has 0 radical (unpaired) electrons. The van der Waals surface area contributed by atoms with Gasteiger partial charge in [0, 0.05) is 17.5 Å². The van der Waals surface area contributed by atoms with Crippen LogP contribution in [-0.2, 0) is 17.9 Å². The molecule has 1 aliphatic rings. The van der Waals surface area contributed by atoms with Crippen LogP contribution in [0.15, 0.2) is 58.5 Å². The highest BCUT2D eigenvalue weighted by atomic mass is 32.1. The van der Waals surface area contributed by atoms with Crippen LogP contribution in [0.3, 0.4) is 0 Å². The lowest BCUT2D eigenvalue weighted by molar-refractivity contribution is -0.133. The van der Waals surface area contributed by atoms with Crippen molar-refractivity contribution in [3.05, 3.63) is 70.3 Å². The molecule has 3 heterocycles. The number of furan rings is 1. The van der Waals surface area contributed by atoms with Crippen LogP contribution in [0.4, 0.5) is 0 Å². The molecule has 8 heteroatoms. The first kappa shape index (κ1) is 21.0. The molecular formula is C23H24N2O5S. The molecule has 0 bridgehead atoms. The highest BCUT2D eigenvalue weighted by Crippen LogP contribution is 2.33. The molecule has 7 nitrogen and oxygen atoms in total. The molecule has 2 amide bonds. The number of carbonyl (C=O) groups excluding carboxylic acids is 2. The van der Waals surface area contributed by atoms with E-state index in [9.17, 15) is 9.59 Å². The van der Waals surface area contributed by atoms with Crippen molar-refractivity contribution in [2.75, 3.05) is 13.3 Å². The molecule has 1 aromatic carbocycles. The predicted molar refractivity (Wildman–Crippen MR) is 116 cm³/mol. The number of rotatable bonds is 8. The molecule has 0 spiro atoms. The summed E-state index contributed by atoms with van der Waals surface area (Å²) in [5.41, 5.74) is 0.933. The number of nitrogens with zero attached hydrogens (tertiary/aromatic N) is 2. The molecular weight excluding hydrogens is 416 g/mol. The Morgan fingerprint density at radius 1 is 1.06 bits per heavy atom. The summed E-state index contributed by atoms with van der Waals surface area (Å²) >= 11 is 1.59. The van der Waals surface area contributed by atoms with Crippen molar-refractivity contribution >= 4 is 23.2 Å². The van der Waals surface area contributed by atoms with Gasteiger partial charge in [-0.15, -0.1) is 11.3 Å². The Morgan fingerprint density at radius 2 is 1.90 bits per heavy atom. The Morgan fingerprint density at radius 3 is 2.61 bits per heavy atom. The molecule has 4 rings (SSSR count). The fraction of sp³-hybridized carbons (Fsp3) is 0.304. The summed E-state index contributed by atoms with van der Waals surface area (Å²) in [5.74, 6) is 1.17. The minimum atomic E-state index is -0.299. The van der Waals surface area contributed by atoms with Crippen molar-refractivity contribution < 1.29 is 23.5 Å². The zero-order valence-corrected chi connectivity index (χ0v) is 18.3. The van der Waals surface area contributed by atoms with Gasteiger partial charge in [-0.1, -0.05) is 12.1 Å². The van der Waals surface area contributed by atoms with Gasteiger partial charge < -0.3 is 23.7 Å². The summed E-state index contributed by atoms with van der Waals surface area (Å²) in [6.07, 6.45) is 1.45. The van der Waals surface area contributed by atoms with Crippen LogP contribution in [0.2, 0.25) is 0 Å². The monoisotopic (exact) mass is 440 g/mol. The van der Waals surface area contributed by atoms with E-state index in [1.54, 1.807) is 28.4 Å². The van der Waals surface area contributed by atoms with Crippen molar-refractivity contribution in [2.24, 2.45) is 0 Å². The van der Waals surface area contributed by atoms with Crippen LogP contribution in [0, 0.1) is 0 Å². The lowest BCUT2D eigenvalue weighted by Gasteiger charge is -2.29. The highest BCUT2D eigenvalue weighted by molar-refractivity contribution is 7.09. The van der Waals surface area contributed by atoms with Gasteiger partial charge in [0.1, 0.15) is 6.54 Å².